The molecule has 1 saturated carbocycles. The van der Waals surface area contributed by atoms with E-state index in [4.69, 9.17) is 14.2 Å². The van der Waals surface area contributed by atoms with E-state index in [9.17, 15) is 19.2 Å². The van der Waals surface area contributed by atoms with E-state index in [1.54, 1.807) is 6.08 Å². The van der Waals surface area contributed by atoms with Crippen LogP contribution in [-0.4, -0.2) is 56.0 Å². The third-order valence-corrected chi connectivity index (χ3v) is 4.89. The molecule has 1 aliphatic rings. The third kappa shape index (κ3) is 9.61. The Morgan fingerprint density at radius 2 is 1.87 bits per heavy atom. The van der Waals surface area contributed by atoms with Crippen LogP contribution in [0.5, 0.6) is 0 Å². The van der Waals surface area contributed by atoms with Crippen molar-refractivity contribution < 1.29 is 33.4 Å². The molecule has 0 spiro atoms. The normalized spacial score (nSPS) is 22.8. The molecule has 0 aliphatic heterocycles. The summed E-state index contributed by atoms with van der Waals surface area (Å²) in [4.78, 5) is 49.8. The van der Waals surface area contributed by atoms with Crippen LogP contribution in [0.25, 0.3) is 0 Å². The highest BCUT2D eigenvalue weighted by molar-refractivity contribution is 5.87. The first kappa shape index (κ1) is 26.1. The van der Waals surface area contributed by atoms with Crippen molar-refractivity contribution in [2.24, 2.45) is 15.8 Å². The number of rotatable bonds is 10. The summed E-state index contributed by atoms with van der Waals surface area (Å²) in [5.41, 5.74) is -0.167. The molecule has 9 nitrogen and oxygen atoms in total. The fourth-order valence-electron chi connectivity index (χ4n) is 4.07. The van der Waals surface area contributed by atoms with Crippen LogP contribution in [0.15, 0.2) is 29.8 Å². The maximum atomic E-state index is 12.5. The standard InChI is InChI=1S/C22H32N2O7/c1-7-18(26)29-10-17(11-30-19(27)15(2)3)31-20(28)24-16-8-21(4,5)12-22(6,9-16)13-23-14-25/h7,16-17H,1-2,8-13H2,3-6H3,(H,24,28). The van der Waals surface area contributed by atoms with Crippen molar-refractivity contribution in [3.63, 3.8) is 0 Å². The second-order valence-electron chi connectivity index (χ2n) is 9.05. The number of nitrogens with zero attached hydrogens (tertiary/aromatic N) is 1. The molecule has 0 aromatic rings. The minimum Gasteiger partial charge on any atom is -0.458 e. The molecule has 0 aromatic carbocycles. The van der Waals surface area contributed by atoms with Gasteiger partial charge in [-0.3, -0.25) is 0 Å². The van der Waals surface area contributed by atoms with E-state index in [-0.39, 0.29) is 35.7 Å². The van der Waals surface area contributed by atoms with Crippen molar-refractivity contribution in [1.82, 2.24) is 5.32 Å². The topological polar surface area (TPSA) is 120 Å². The SMILES string of the molecule is C=CC(=O)OCC(COC(=O)C(=C)C)OC(=O)NC1CC(C)(C)CC(C)(CN=C=O)C1. The van der Waals surface area contributed by atoms with Gasteiger partial charge in [0, 0.05) is 17.7 Å². The molecule has 1 N–H and O–H groups in total. The van der Waals surface area contributed by atoms with E-state index >= 15 is 0 Å². The number of hydrogen-bond acceptors (Lipinski definition) is 8. The Morgan fingerprint density at radius 1 is 1.23 bits per heavy atom. The molecule has 31 heavy (non-hydrogen) atoms. The number of nitrogens with one attached hydrogen (secondary N) is 1. The van der Waals surface area contributed by atoms with Crippen LogP contribution in [0.4, 0.5) is 4.79 Å². The second-order valence-corrected chi connectivity index (χ2v) is 9.05. The van der Waals surface area contributed by atoms with Gasteiger partial charge in [0.25, 0.3) is 0 Å². The molecule has 0 radical (unpaired) electrons. The lowest BCUT2D eigenvalue weighted by Crippen LogP contribution is -2.49. The average molecular weight is 437 g/mol. The van der Waals surface area contributed by atoms with Gasteiger partial charge in [0.1, 0.15) is 13.2 Å². The molecule has 0 bridgehead atoms. The predicted octanol–water partition coefficient (Wildman–Crippen LogP) is 2.85. The number of carbonyl (C=O) groups excluding carboxylic acids is 4. The minimum atomic E-state index is -1.00. The summed E-state index contributed by atoms with van der Waals surface area (Å²) < 4.78 is 15.3. The highest BCUT2D eigenvalue weighted by atomic mass is 16.6. The van der Waals surface area contributed by atoms with E-state index < -0.39 is 24.1 Å². The summed E-state index contributed by atoms with van der Waals surface area (Å²) in [6.07, 6.45) is 2.98. The van der Waals surface area contributed by atoms with Gasteiger partial charge in [-0.1, -0.05) is 33.9 Å². The number of hydrogen-bond donors (Lipinski definition) is 1. The average Bonchev–Trinajstić information content (AvgIpc) is 2.66. The minimum absolute atomic E-state index is 0.0841. The van der Waals surface area contributed by atoms with Gasteiger partial charge in [-0.25, -0.2) is 24.2 Å². The smallest absolute Gasteiger partial charge is 0.407 e. The second kappa shape index (κ2) is 11.5. The fourth-order valence-corrected chi connectivity index (χ4v) is 4.07. The van der Waals surface area contributed by atoms with Gasteiger partial charge in [0.15, 0.2) is 6.10 Å². The Bertz CT molecular complexity index is 755. The number of aliphatic imine (C=N–C) groups is 1. The lowest BCUT2D eigenvalue weighted by atomic mass is 9.62. The Hall–Kier alpha value is -2.93. The van der Waals surface area contributed by atoms with E-state index in [0.29, 0.717) is 19.4 Å². The zero-order valence-corrected chi connectivity index (χ0v) is 18.7. The molecular weight excluding hydrogens is 404 g/mol. The number of carbonyl (C=O) groups is 3. The summed E-state index contributed by atoms with van der Waals surface area (Å²) in [5, 5.41) is 2.83. The van der Waals surface area contributed by atoms with Crippen molar-refractivity contribution in [1.29, 1.82) is 0 Å². The quantitative estimate of drug-likeness (QED) is 0.184. The Morgan fingerprint density at radius 3 is 2.45 bits per heavy atom. The Balaban J connectivity index is 2.77. The Labute approximate surface area is 182 Å². The van der Waals surface area contributed by atoms with Crippen LogP contribution in [0.1, 0.15) is 47.0 Å². The van der Waals surface area contributed by atoms with Gasteiger partial charge in [-0.2, -0.15) is 0 Å². The van der Waals surface area contributed by atoms with E-state index in [1.807, 2.05) is 6.92 Å². The molecule has 1 aliphatic carbocycles. The lowest BCUT2D eigenvalue weighted by Gasteiger charge is -2.45. The number of esters is 2. The molecule has 1 fully saturated rings. The van der Waals surface area contributed by atoms with Crippen molar-refractivity contribution >= 4 is 24.1 Å². The number of amides is 1. The van der Waals surface area contributed by atoms with Gasteiger partial charge in [0.2, 0.25) is 6.08 Å². The number of ether oxygens (including phenoxy) is 3. The van der Waals surface area contributed by atoms with Gasteiger partial charge in [-0.15, -0.1) is 0 Å². The van der Waals surface area contributed by atoms with Gasteiger partial charge >= 0.3 is 18.0 Å². The number of alkyl carbamates (subject to hydrolysis) is 1. The van der Waals surface area contributed by atoms with Crippen LogP contribution < -0.4 is 5.32 Å². The maximum Gasteiger partial charge on any atom is 0.407 e. The van der Waals surface area contributed by atoms with Crippen LogP contribution in [0.3, 0.4) is 0 Å². The van der Waals surface area contributed by atoms with Crippen LogP contribution in [-0.2, 0) is 28.6 Å². The molecule has 0 heterocycles. The summed E-state index contributed by atoms with van der Waals surface area (Å²) in [6, 6.07) is -0.211. The Kier molecular flexibility index (Phi) is 9.65. The fraction of sp³-hybridized carbons (Fsp3) is 0.636. The van der Waals surface area contributed by atoms with Gasteiger partial charge in [-0.05, 0) is 37.0 Å². The first-order valence-electron chi connectivity index (χ1n) is 10.0. The highest BCUT2D eigenvalue weighted by Gasteiger charge is 2.42. The van der Waals surface area contributed by atoms with Crippen LogP contribution in [0.2, 0.25) is 0 Å². The molecular formula is C22H32N2O7. The molecule has 0 aromatic heterocycles. The molecule has 0 saturated heterocycles. The summed E-state index contributed by atoms with van der Waals surface area (Å²) in [5.74, 6) is -1.34. The molecule has 3 atom stereocenters. The highest BCUT2D eigenvalue weighted by Crippen LogP contribution is 2.46. The molecule has 9 heteroatoms. The first-order valence-corrected chi connectivity index (χ1v) is 10.0. The summed E-state index contributed by atoms with van der Waals surface area (Å²) in [6.45, 7) is 14.2. The lowest BCUT2D eigenvalue weighted by molar-refractivity contribution is -0.147. The summed E-state index contributed by atoms with van der Waals surface area (Å²) >= 11 is 0. The van der Waals surface area contributed by atoms with Gasteiger partial charge in [0.05, 0.1) is 6.54 Å². The zero-order chi connectivity index (χ0) is 23.7. The van der Waals surface area contributed by atoms with E-state index in [2.05, 4.69) is 37.3 Å². The van der Waals surface area contributed by atoms with Crippen molar-refractivity contribution in [3.8, 4) is 0 Å². The number of isocyanates is 1. The predicted molar refractivity (Wildman–Crippen MR) is 113 cm³/mol. The van der Waals surface area contributed by atoms with E-state index in [1.165, 1.54) is 6.92 Å². The third-order valence-electron chi connectivity index (χ3n) is 4.89. The molecule has 3 unspecified atom stereocenters. The first-order chi connectivity index (χ1) is 14.4. The monoisotopic (exact) mass is 436 g/mol. The molecule has 1 amide bonds. The van der Waals surface area contributed by atoms with Crippen molar-refractivity contribution in [2.45, 2.75) is 59.1 Å². The van der Waals surface area contributed by atoms with Crippen LogP contribution in [0, 0.1) is 10.8 Å². The summed E-state index contributed by atoms with van der Waals surface area (Å²) in [7, 11) is 0. The maximum absolute atomic E-state index is 12.5. The van der Waals surface area contributed by atoms with Crippen LogP contribution >= 0.6 is 0 Å². The molecule has 172 valence electrons. The van der Waals surface area contributed by atoms with E-state index in [0.717, 1.165) is 12.5 Å². The zero-order valence-electron chi connectivity index (χ0n) is 18.7. The molecule has 1 rings (SSSR count). The largest absolute Gasteiger partial charge is 0.458 e. The van der Waals surface area contributed by atoms with Gasteiger partial charge < -0.3 is 19.5 Å². The van der Waals surface area contributed by atoms with Crippen molar-refractivity contribution in [2.75, 3.05) is 19.8 Å². The van der Waals surface area contributed by atoms with Crippen molar-refractivity contribution in [3.05, 3.63) is 24.8 Å².